The highest BCUT2D eigenvalue weighted by molar-refractivity contribution is 7.09. The topological polar surface area (TPSA) is 108 Å². The summed E-state index contributed by atoms with van der Waals surface area (Å²) in [5.41, 5.74) is 0.787. The van der Waals surface area contributed by atoms with Crippen molar-refractivity contribution in [3.63, 3.8) is 0 Å². The Bertz CT molecular complexity index is 676. The van der Waals surface area contributed by atoms with Crippen LogP contribution in [0.2, 0.25) is 0 Å². The molecule has 8 nitrogen and oxygen atoms in total. The molecule has 0 aromatic carbocycles. The standard InChI is InChI=1S/C14H17N5O3S/c1-9(10-3-5-15-8-17-10)19(2)14(22)16-6-4-12-18-11(7-23-12)13(20)21/h3,5,7-9H,4,6H2,1-2H3,(H,16,22)(H,20,21)/t9-/m0/s1. The number of nitrogens with one attached hydrogen (secondary N) is 1. The Kier molecular flexibility index (Phi) is 5.58. The molecule has 0 unspecified atom stereocenters. The van der Waals surface area contributed by atoms with Crippen molar-refractivity contribution in [2.75, 3.05) is 13.6 Å². The lowest BCUT2D eigenvalue weighted by Crippen LogP contribution is -2.39. The van der Waals surface area contributed by atoms with Crippen molar-refractivity contribution < 1.29 is 14.7 Å². The SMILES string of the molecule is C[C@@H](c1ccncn1)N(C)C(=O)NCCc1nc(C(=O)O)cs1. The largest absolute Gasteiger partial charge is 0.476 e. The van der Waals surface area contributed by atoms with Crippen LogP contribution in [0.25, 0.3) is 0 Å². The van der Waals surface area contributed by atoms with E-state index in [2.05, 4.69) is 20.3 Å². The number of hydrogen-bond donors (Lipinski definition) is 2. The molecule has 2 amide bonds. The molecule has 0 radical (unpaired) electrons. The van der Waals surface area contributed by atoms with Gasteiger partial charge in [0.05, 0.1) is 16.7 Å². The maximum Gasteiger partial charge on any atom is 0.355 e. The molecular formula is C14H17N5O3S. The van der Waals surface area contributed by atoms with E-state index in [4.69, 9.17) is 5.11 Å². The molecule has 0 saturated heterocycles. The van der Waals surface area contributed by atoms with Crippen LogP contribution in [0.15, 0.2) is 24.0 Å². The number of rotatable bonds is 6. The van der Waals surface area contributed by atoms with Crippen LogP contribution in [-0.4, -0.2) is 50.6 Å². The van der Waals surface area contributed by atoms with Crippen LogP contribution >= 0.6 is 11.3 Å². The fraction of sp³-hybridized carbons (Fsp3) is 0.357. The summed E-state index contributed by atoms with van der Waals surface area (Å²) in [5.74, 6) is -1.05. The molecule has 0 fully saturated rings. The van der Waals surface area contributed by atoms with Gasteiger partial charge in [0.1, 0.15) is 6.33 Å². The van der Waals surface area contributed by atoms with E-state index in [-0.39, 0.29) is 17.8 Å². The van der Waals surface area contributed by atoms with Gasteiger partial charge in [0.15, 0.2) is 5.69 Å². The summed E-state index contributed by atoms with van der Waals surface area (Å²) < 4.78 is 0. The van der Waals surface area contributed by atoms with Crippen molar-refractivity contribution in [3.05, 3.63) is 40.4 Å². The molecule has 2 rings (SSSR count). The number of carboxylic acid groups (broad SMARTS) is 1. The Morgan fingerprint density at radius 1 is 1.48 bits per heavy atom. The lowest BCUT2D eigenvalue weighted by Gasteiger charge is -2.24. The van der Waals surface area contributed by atoms with Crippen LogP contribution in [0.5, 0.6) is 0 Å². The first-order chi connectivity index (χ1) is 11.0. The van der Waals surface area contributed by atoms with E-state index in [9.17, 15) is 9.59 Å². The number of urea groups is 1. The zero-order valence-corrected chi connectivity index (χ0v) is 13.6. The van der Waals surface area contributed by atoms with Crippen molar-refractivity contribution in [1.29, 1.82) is 0 Å². The van der Waals surface area contributed by atoms with Crippen molar-refractivity contribution >= 4 is 23.3 Å². The molecule has 2 aromatic rings. The number of hydrogen-bond acceptors (Lipinski definition) is 6. The van der Waals surface area contributed by atoms with E-state index in [0.717, 1.165) is 5.69 Å². The van der Waals surface area contributed by atoms with Crippen LogP contribution in [-0.2, 0) is 6.42 Å². The van der Waals surface area contributed by atoms with Gasteiger partial charge in [-0.05, 0) is 13.0 Å². The van der Waals surface area contributed by atoms with Gasteiger partial charge in [-0.25, -0.2) is 24.5 Å². The van der Waals surface area contributed by atoms with Gasteiger partial charge < -0.3 is 15.3 Å². The summed E-state index contributed by atoms with van der Waals surface area (Å²) in [5, 5.41) is 13.8. The molecule has 0 saturated carbocycles. The van der Waals surface area contributed by atoms with Crippen molar-refractivity contribution in [3.8, 4) is 0 Å². The normalized spacial score (nSPS) is 11.7. The zero-order chi connectivity index (χ0) is 16.8. The highest BCUT2D eigenvalue weighted by Gasteiger charge is 2.18. The lowest BCUT2D eigenvalue weighted by molar-refractivity contribution is 0.0691. The van der Waals surface area contributed by atoms with Gasteiger partial charge in [-0.2, -0.15) is 0 Å². The Morgan fingerprint density at radius 2 is 2.26 bits per heavy atom. The predicted molar refractivity (Wildman–Crippen MR) is 84.4 cm³/mol. The third-order valence-electron chi connectivity index (χ3n) is 3.32. The summed E-state index contributed by atoms with van der Waals surface area (Å²) in [6.07, 6.45) is 3.56. The number of carbonyl (C=O) groups is 2. The molecule has 0 aliphatic carbocycles. The fourth-order valence-electron chi connectivity index (χ4n) is 1.85. The Labute approximate surface area is 137 Å². The second-order valence-electron chi connectivity index (χ2n) is 4.83. The van der Waals surface area contributed by atoms with E-state index < -0.39 is 5.97 Å². The molecule has 23 heavy (non-hydrogen) atoms. The third-order valence-corrected chi connectivity index (χ3v) is 4.23. The Balaban J connectivity index is 1.83. The first kappa shape index (κ1) is 16.8. The maximum atomic E-state index is 12.1. The number of aromatic nitrogens is 3. The molecule has 1 atom stereocenters. The van der Waals surface area contributed by atoms with Crippen LogP contribution in [0, 0.1) is 0 Å². The smallest absolute Gasteiger partial charge is 0.355 e. The minimum atomic E-state index is -1.05. The average Bonchev–Trinajstić information content (AvgIpc) is 3.03. The Hall–Kier alpha value is -2.55. The number of amides is 2. The van der Waals surface area contributed by atoms with E-state index >= 15 is 0 Å². The lowest BCUT2D eigenvalue weighted by atomic mass is 10.2. The van der Waals surface area contributed by atoms with Crippen LogP contribution < -0.4 is 5.32 Å². The molecule has 0 spiro atoms. The molecule has 2 aromatic heterocycles. The molecule has 2 N–H and O–H groups in total. The van der Waals surface area contributed by atoms with Gasteiger partial charge in [-0.3, -0.25) is 0 Å². The zero-order valence-electron chi connectivity index (χ0n) is 12.8. The number of carbonyl (C=O) groups excluding carboxylic acids is 1. The van der Waals surface area contributed by atoms with E-state index in [0.29, 0.717) is 18.0 Å². The molecule has 9 heteroatoms. The highest BCUT2D eigenvalue weighted by atomic mass is 32.1. The van der Waals surface area contributed by atoms with Gasteiger partial charge >= 0.3 is 12.0 Å². The van der Waals surface area contributed by atoms with Gasteiger partial charge in [0.2, 0.25) is 0 Å². The van der Waals surface area contributed by atoms with E-state index in [1.165, 1.54) is 23.0 Å². The van der Waals surface area contributed by atoms with E-state index in [1.807, 2.05) is 6.92 Å². The van der Waals surface area contributed by atoms with Crippen LogP contribution in [0.4, 0.5) is 4.79 Å². The molecule has 2 heterocycles. The quantitative estimate of drug-likeness (QED) is 0.829. The van der Waals surface area contributed by atoms with Crippen LogP contribution in [0.3, 0.4) is 0 Å². The van der Waals surface area contributed by atoms with Crippen LogP contribution in [0.1, 0.15) is 34.2 Å². The average molecular weight is 335 g/mol. The molecule has 0 aliphatic rings. The number of thiazole rings is 1. The predicted octanol–water partition coefficient (Wildman–Crippen LogP) is 1.58. The van der Waals surface area contributed by atoms with Gasteiger partial charge in [0.25, 0.3) is 0 Å². The van der Waals surface area contributed by atoms with Crippen molar-refractivity contribution in [2.24, 2.45) is 0 Å². The summed E-state index contributed by atoms with van der Waals surface area (Å²) in [7, 11) is 1.69. The first-order valence-corrected chi connectivity index (χ1v) is 7.81. The highest BCUT2D eigenvalue weighted by Crippen LogP contribution is 2.15. The van der Waals surface area contributed by atoms with Gasteiger partial charge in [-0.1, -0.05) is 0 Å². The third kappa shape index (κ3) is 4.46. The Morgan fingerprint density at radius 3 is 2.87 bits per heavy atom. The van der Waals surface area contributed by atoms with Gasteiger partial charge in [-0.15, -0.1) is 11.3 Å². The monoisotopic (exact) mass is 335 g/mol. The number of aromatic carboxylic acids is 1. The number of carboxylic acids is 1. The van der Waals surface area contributed by atoms with Crippen molar-refractivity contribution in [2.45, 2.75) is 19.4 Å². The maximum absolute atomic E-state index is 12.1. The molecule has 122 valence electrons. The summed E-state index contributed by atoms with van der Waals surface area (Å²) in [6.45, 7) is 2.26. The molecule has 0 bridgehead atoms. The number of nitrogens with zero attached hydrogens (tertiary/aromatic N) is 4. The summed E-state index contributed by atoms with van der Waals surface area (Å²) in [4.78, 5) is 36.4. The second kappa shape index (κ2) is 7.63. The fourth-order valence-corrected chi connectivity index (χ4v) is 2.62. The molecular weight excluding hydrogens is 318 g/mol. The van der Waals surface area contributed by atoms with Crippen molar-refractivity contribution in [1.82, 2.24) is 25.2 Å². The van der Waals surface area contributed by atoms with E-state index in [1.54, 1.807) is 24.2 Å². The van der Waals surface area contributed by atoms with Gasteiger partial charge in [0, 0.05) is 31.6 Å². The first-order valence-electron chi connectivity index (χ1n) is 6.93. The summed E-state index contributed by atoms with van der Waals surface area (Å²) >= 11 is 1.27. The summed E-state index contributed by atoms with van der Waals surface area (Å²) in [6, 6.07) is 1.35. The second-order valence-corrected chi connectivity index (χ2v) is 5.78. The minimum absolute atomic E-state index is 0.0332. The molecule has 0 aliphatic heterocycles. The minimum Gasteiger partial charge on any atom is -0.476 e.